The Balaban J connectivity index is 1.16. The van der Waals surface area contributed by atoms with Gasteiger partial charge in [-0.1, -0.05) is 61.4 Å². The monoisotopic (exact) mass is 452 g/mol. The molecule has 0 spiro atoms. The molecule has 6 heteroatoms. The lowest BCUT2D eigenvalue weighted by Gasteiger charge is -2.12. The third kappa shape index (κ3) is 3.97. The molecule has 2 aliphatic carbocycles. The molecule has 2 saturated carbocycles. The quantitative estimate of drug-likeness (QED) is 0.328. The van der Waals surface area contributed by atoms with Crippen LogP contribution in [0.15, 0.2) is 60.9 Å². The van der Waals surface area contributed by atoms with Crippen molar-refractivity contribution in [2.45, 2.75) is 62.4 Å². The van der Waals surface area contributed by atoms with Crippen LogP contribution in [0, 0.1) is 0 Å². The van der Waals surface area contributed by atoms with Crippen LogP contribution in [0.1, 0.15) is 62.0 Å². The topological polar surface area (TPSA) is 109 Å². The van der Waals surface area contributed by atoms with E-state index in [1.165, 1.54) is 24.0 Å². The Morgan fingerprint density at radius 2 is 0.941 bits per heavy atom. The molecule has 6 nitrogen and oxygen atoms in total. The van der Waals surface area contributed by atoms with Gasteiger partial charge in [0.25, 0.3) is 0 Å². The molecule has 0 radical (unpaired) electrons. The summed E-state index contributed by atoms with van der Waals surface area (Å²) in [7, 11) is 0. The van der Waals surface area contributed by atoms with Gasteiger partial charge >= 0.3 is 0 Å². The summed E-state index contributed by atoms with van der Waals surface area (Å²) in [5, 5.41) is 0. The predicted octanol–water partition coefficient (Wildman–Crippen LogP) is 5.32. The van der Waals surface area contributed by atoms with E-state index in [0.29, 0.717) is 11.8 Å². The van der Waals surface area contributed by atoms with Crippen LogP contribution >= 0.6 is 0 Å². The van der Waals surface area contributed by atoms with Crippen LogP contribution in [-0.2, 0) is 0 Å². The fourth-order valence-electron chi connectivity index (χ4n) is 5.68. The summed E-state index contributed by atoms with van der Waals surface area (Å²) in [5.41, 5.74) is 19.3. The first-order chi connectivity index (χ1) is 16.7. The van der Waals surface area contributed by atoms with Gasteiger partial charge in [-0.25, -0.2) is 9.97 Å². The number of nitrogens with two attached hydrogens (primary N) is 2. The molecule has 2 aliphatic rings. The molecule has 34 heavy (non-hydrogen) atoms. The highest BCUT2D eigenvalue weighted by Gasteiger charge is 2.28. The molecule has 6 N–H and O–H groups in total. The van der Waals surface area contributed by atoms with E-state index in [-0.39, 0.29) is 12.1 Å². The molecular formula is C28H32N6. The molecule has 2 aromatic heterocycles. The number of nitrogens with zero attached hydrogens (tertiary/aromatic N) is 2. The molecule has 0 saturated heterocycles. The summed E-state index contributed by atoms with van der Waals surface area (Å²) in [4.78, 5) is 16.3. The van der Waals surface area contributed by atoms with Crippen LogP contribution in [0.4, 0.5) is 0 Å². The van der Waals surface area contributed by atoms with Crippen LogP contribution in [-0.4, -0.2) is 32.0 Å². The van der Waals surface area contributed by atoms with Crippen molar-refractivity contribution < 1.29 is 0 Å². The molecule has 4 unspecified atom stereocenters. The molecular weight excluding hydrogens is 420 g/mol. The van der Waals surface area contributed by atoms with E-state index in [9.17, 15) is 0 Å². The van der Waals surface area contributed by atoms with Crippen LogP contribution in [0.25, 0.3) is 33.6 Å². The minimum atomic E-state index is 0.220. The SMILES string of the molecule is NC1CCCC1c1ncc(-c2ccc(-c3ccc(-c4cnc(C5CCCC5N)[nH]4)cc3)cc2)[nH]1. The van der Waals surface area contributed by atoms with Crippen molar-refractivity contribution >= 4 is 0 Å². The van der Waals surface area contributed by atoms with Gasteiger partial charge in [0.2, 0.25) is 0 Å². The average molecular weight is 453 g/mol. The Bertz CT molecular complexity index is 1150. The minimum Gasteiger partial charge on any atom is -0.342 e. The fourth-order valence-corrected chi connectivity index (χ4v) is 5.68. The zero-order chi connectivity index (χ0) is 23.1. The molecule has 0 aliphatic heterocycles. The van der Waals surface area contributed by atoms with Gasteiger partial charge in [0.05, 0.1) is 23.8 Å². The number of hydrogen-bond acceptors (Lipinski definition) is 4. The number of imidazole rings is 2. The summed E-state index contributed by atoms with van der Waals surface area (Å²) in [6, 6.07) is 17.7. The van der Waals surface area contributed by atoms with E-state index in [1.807, 2.05) is 12.4 Å². The predicted molar refractivity (Wildman–Crippen MR) is 136 cm³/mol. The zero-order valence-corrected chi connectivity index (χ0v) is 19.4. The second-order valence-electron chi connectivity index (χ2n) is 9.92. The van der Waals surface area contributed by atoms with Gasteiger partial charge in [-0.2, -0.15) is 0 Å². The minimum absolute atomic E-state index is 0.220. The van der Waals surface area contributed by atoms with Crippen molar-refractivity contribution in [2.24, 2.45) is 11.5 Å². The van der Waals surface area contributed by atoms with Crippen LogP contribution < -0.4 is 11.5 Å². The first-order valence-electron chi connectivity index (χ1n) is 12.5. The Hall–Kier alpha value is -3.22. The van der Waals surface area contributed by atoms with E-state index < -0.39 is 0 Å². The van der Waals surface area contributed by atoms with Crippen molar-refractivity contribution in [1.82, 2.24) is 19.9 Å². The molecule has 2 fully saturated rings. The lowest BCUT2D eigenvalue weighted by atomic mass is 10.0. The number of aromatic amines is 2. The van der Waals surface area contributed by atoms with Gasteiger partial charge in [-0.05, 0) is 47.9 Å². The summed E-state index contributed by atoms with van der Waals surface area (Å²) in [6.45, 7) is 0. The van der Waals surface area contributed by atoms with E-state index >= 15 is 0 Å². The number of H-pyrrole nitrogens is 2. The maximum Gasteiger partial charge on any atom is 0.111 e. The van der Waals surface area contributed by atoms with Gasteiger partial charge < -0.3 is 21.4 Å². The standard InChI is InChI=1S/C28H32N6/c29-23-5-1-3-21(23)27-31-15-25(33-27)19-11-7-17(8-12-19)18-9-13-20(14-10-18)26-16-32-28(34-26)22-4-2-6-24(22)30/h7-16,21-24H,1-6,29-30H2,(H,31,33)(H,32,34). The molecule has 0 amide bonds. The van der Waals surface area contributed by atoms with Gasteiger partial charge in [-0.15, -0.1) is 0 Å². The van der Waals surface area contributed by atoms with Gasteiger partial charge in [0.15, 0.2) is 0 Å². The first kappa shape index (κ1) is 21.3. The largest absolute Gasteiger partial charge is 0.342 e. The number of benzene rings is 2. The summed E-state index contributed by atoms with van der Waals surface area (Å²) in [6.07, 6.45) is 10.7. The maximum absolute atomic E-state index is 6.26. The fraction of sp³-hybridized carbons (Fsp3) is 0.357. The van der Waals surface area contributed by atoms with Crippen molar-refractivity contribution in [1.29, 1.82) is 0 Å². The Morgan fingerprint density at radius 3 is 1.29 bits per heavy atom. The van der Waals surface area contributed by atoms with Crippen LogP contribution in [0.2, 0.25) is 0 Å². The maximum atomic E-state index is 6.26. The van der Waals surface area contributed by atoms with Crippen LogP contribution in [0.5, 0.6) is 0 Å². The van der Waals surface area contributed by atoms with Crippen molar-refractivity contribution in [3.05, 3.63) is 72.6 Å². The molecule has 2 heterocycles. The highest BCUT2D eigenvalue weighted by atomic mass is 14.9. The summed E-state index contributed by atoms with van der Waals surface area (Å²) in [5.74, 6) is 2.76. The van der Waals surface area contributed by atoms with Gasteiger partial charge in [0, 0.05) is 23.9 Å². The molecule has 2 aromatic carbocycles. The molecule has 174 valence electrons. The van der Waals surface area contributed by atoms with Gasteiger partial charge in [-0.3, -0.25) is 0 Å². The molecule has 0 bridgehead atoms. The van der Waals surface area contributed by atoms with E-state index in [2.05, 4.69) is 68.5 Å². The number of aromatic nitrogens is 4. The Labute approximate surface area is 200 Å². The number of rotatable bonds is 5. The second-order valence-corrected chi connectivity index (χ2v) is 9.92. The lowest BCUT2D eigenvalue weighted by molar-refractivity contribution is 0.587. The van der Waals surface area contributed by atoms with E-state index in [0.717, 1.165) is 59.8 Å². The van der Waals surface area contributed by atoms with Crippen molar-refractivity contribution in [2.75, 3.05) is 0 Å². The van der Waals surface area contributed by atoms with E-state index in [4.69, 9.17) is 11.5 Å². The highest BCUT2D eigenvalue weighted by Crippen LogP contribution is 2.34. The Kier molecular flexibility index (Phi) is 5.55. The van der Waals surface area contributed by atoms with E-state index in [1.54, 1.807) is 0 Å². The summed E-state index contributed by atoms with van der Waals surface area (Å²) >= 11 is 0. The Morgan fingerprint density at radius 1 is 0.559 bits per heavy atom. The lowest BCUT2D eigenvalue weighted by Crippen LogP contribution is -2.23. The van der Waals surface area contributed by atoms with Gasteiger partial charge in [0.1, 0.15) is 11.6 Å². The first-order valence-corrected chi connectivity index (χ1v) is 12.5. The van der Waals surface area contributed by atoms with Crippen molar-refractivity contribution in [3.63, 3.8) is 0 Å². The highest BCUT2D eigenvalue weighted by molar-refractivity contribution is 5.71. The molecule has 4 atom stereocenters. The molecule has 4 aromatic rings. The average Bonchev–Trinajstić information content (AvgIpc) is 3.66. The normalized spacial score (nSPS) is 24.6. The smallest absolute Gasteiger partial charge is 0.111 e. The molecule has 6 rings (SSSR count). The number of hydrogen-bond donors (Lipinski definition) is 4. The summed E-state index contributed by atoms with van der Waals surface area (Å²) < 4.78 is 0. The zero-order valence-electron chi connectivity index (χ0n) is 19.4. The second kappa shape index (κ2) is 8.85. The van der Waals surface area contributed by atoms with Crippen LogP contribution in [0.3, 0.4) is 0 Å². The number of nitrogens with one attached hydrogen (secondary N) is 2. The third-order valence-corrected chi connectivity index (χ3v) is 7.76. The third-order valence-electron chi connectivity index (χ3n) is 7.76. The van der Waals surface area contributed by atoms with Crippen molar-refractivity contribution in [3.8, 4) is 33.6 Å².